The van der Waals surface area contributed by atoms with Crippen molar-refractivity contribution in [3.63, 3.8) is 0 Å². The SMILES string of the molecule is N#CCC1(I)CCC(N2CC(F)(c3ccccc3)C2)CC1. The van der Waals surface area contributed by atoms with Gasteiger partial charge >= 0.3 is 0 Å². The fourth-order valence-corrected chi connectivity index (χ4v) is 4.37. The maximum absolute atomic E-state index is 14.8. The van der Waals surface area contributed by atoms with Gasteiger partial charge in [-0.3, -0.25) is 4.90 Å². The molecule has 2 fully saturated rings. The van der Waals surface area contributed by atoms with E-state index in [0.29, 0.717) is 25.6 Å². The quantitative estimate of drug-likeness (QED) is 0.564. The van der Waals surface area contributed by atoms with Crippen LogP contribution in [0, 0.1) is 11.3 Å². The fourth-order valence-electron chi connectivity index (χ4n) is 3.58. The lowest BCUT2D eigenvalue weighted by Crippen LogP contribution is -2.61. The number of halogens is 2. The van der Waals surface area contributed by atoms with Crippen LogP contribution in [-0.4, -0.2) is 27.5 Å². The number of benzene rings is 1. The van der Waals surface area contributed by atoms with E-state index in [1.165, 1.54) is 0 Å². The van der Waals surface area contributed by atoms with E-state index < -0.39 is 5.67 Å². The first-order chi connectivity index (χ1) is 10.0. The summed E-state index contributed by atoms with van der Waals surface area (Å²) in [6.45, 7) is 1.04. The molecule has 0 radical (unpaired) electrons. The van der Waals surface area contributed by atoms with Gasteiger partial charge in [0.25, 0.3) is 0 Å². The summed E-state index contributed by atoms with van der Waals surface area (Å²) in [6.07, 6.45) is 4.97. The highest BCUT2D eigenvalue weighted by Gasteiger charge is 2.48. The van der Waals surface area contributed by atoms with Gasteiger partial charge in [-0.15, -0.1) is 0 Å². The first-order valence-corrected chi connectivity index (χ1v) is 8.67. The zero-order valence-electron chi connectivity index (χ0n) is 12.1. The van der Waals surface area contributed by atoms with Gasteiger partial charge < -0.3 is 0 Å². The third kappa shape index (κ3) is 3.09. The van der Waals surface area contributed by atoms with Crippen LogP contribution >= 0.6 is 22.6 Å². The molecule has 2 nitrogen and oxygen atoms in total. The van der Waals surface area contributed by atoms with Gasteiger partial charge in [-0.1, -0.05) is 52.9 Å². The average Bonchev–Trinajstić information content (AvgIpc) is 2.46. The van der Waals surface area contributed by atoms with E-state index in [0.717, 1.165) is 31.2 Å². The molecular weight excluding hydrogens is 378 g/mol. The van der Waals surface area contributed by atoms with Crippen LogP contribution in [0.25, 0.3) is 0 Å². The van der Waals surface area contributed by atoms with Gasteiger partial charge in [0.1, 0.15) is 0 Å². The highest BCUT2D eigenvalue weighted by Crippen LogP contribution is 2.44. The molecule has 0 aromatic heterocycles. The highest BCUT2D eigenvalue weighted by atomic mass is 127. The predicted molar refractivity (Wildman–Crippen MR) is 90.0 cm³/mol. The van der Waals surface area contributed by atoms with Crippen LogP contribution in [0.15, 0.2) is 30.3 Å². The van der Waals surface area contributed by atoms with Crippen molar-refractivity contribution >= 4 is 22.6 Å². The minimum Gasteiger partial charge on any atom is -0.293 e. The Kier molecular flexibility index (Phi) is 4.24. The Balaban J connectivity index is 1.55. The second-order valence-corrected chi connectivity index (χ2v) is 8.74. The van der Waals surface area contributed by atoms with E-state index in [1.54, 1.807) is 0 Å². The topological polar surface area (TPSA) is 27.0 Å². The summed E-state index contributed by atoms with van der Waals surface area (Å²) in [7, 11) is 0. The van der Waals surface area contributed by atoms with Gasteiger partial charge in [0.05, 0.1) is 6.07 Å². The lowest BCUT2D eigenvalue weighted by atomic mass is 9.80. The van der Waals surface area contributed by atoms with E-state index >= 15 is 0 Å². The number of nitriles is 1. The monoisotopic (exact) mass is 398 g/mol. The Morgan fingerprint density at radius 2 is 1.86 bits per heavy atom. The molecule has 1 saturated heterocycles. The smallest absolute Gasteiger partial charge is 0.161 e. The summed E-state index contributed by atoms with van der Waals surface area (Å²) in [5.74, 6) is 0. The van der Waals surface area contributed by atoms with E-state index in [1.807, 2.05) is 30.3 Å². The molecule has 0 N–H and O–H groups in total. The van der Waals surface area contributed by atoms with Crippen LogP contribution in [0.3, 0.4) is 0 Å². The molecule has 2 aliphatic rings. The van der Waals surface area contributed by atoms with Crippen LogP contribution in [0.1, 0.15) is 37.7 Å². The molecule has 0 bridgehead atoms. The number of hydrogen-bond acceptors (Lipinski definition) is 2. The van der Waals surface area contributed by atoms with Crippen molar-refractivity contribution < 1.29 is 4.39 Å². The third-order valence-corrected chi connectivity index (χ3v) is 6.42. The Morgan fingerprint density at radius 3 is 2.43 bits per heavy atom. The lowest BCUT2D eigenvalue weighted by molar-refractivity contribution is -0.0703. The minimum atomic E-state index is -1.16. The van der Waals surface area contributed by atoms with Crippen molar-refractivity contribution in [2.75, 3.05) is 13.1 Å². The Bertz CT molecular complexity index is 525. The van der Waals surface area contributed by atoms with Crippen molar-refractivity contribution in [3.05, 3.63) is 35.9 Å². The zero-order valence-corrected chi connectivity index (χ0v) is 14.2. The van der Waals surface area contributed by atoms with E-state index in [-0.39, 0.29) is 3.42 Å². The molecule has 1 aliphatic heterocycles. The standard InChI is InChI=1S/C17H20FIN2/c18-17(14-4-2-1-3-5-14)12-21(13-17)15-6-8-16(19,9-7-15)10-11-20/h1-5,15H,6-10,12-13H2. The molecule has 21 heavy (non-hydrogen) atoms. The second-order valence-electron chi connectivity index (χ2n) is 6.45. The van der Waals surface area contributed by atoms with E-state index in [2.05, 4.69) is 33.6 Å². The van der Waals surface area contributed by atoms with Crippen molar-refractivity contribution in [2.45, 2.75) is 47.2 Å². The Morgan fingerprint density at radius 1 is 1.24 bits per heavy atom. The molecule has 1 aliphatic carbocycles. The molecule has 4 heteroatoms. The van der Waals surface area contributed by atoms with Crippen molar-refractivity contribution in [1.29, 1.82) is 5.26 Å². The van der Waals surface area contributed by atoms with Crippen LogP contribution in [0.4, 0.5) is 4.39 Å². The van der Waals surface area contributed by atoms with Crippen LogP contribution < -0.4 is 0 Å². The molecule has 0 amide bonds. The van der Waals surface area contributed by atoms with E-state index in [9.17, 15) is 4.39 Å². The molecule has 0 atom stereocenters. The van der Waals surface area contributed by atoms with Crippen LogP contribution in [-0.2, 0) is 5.67 Å². The highest BCUT2D eigenvalue weighted by molar-refractivity contribution is 14.1. The van der Waals surface area contributed by atoms with Gasteiger partial charge in [0.15, 0.2) is 5.67 Å². The summed E-state index contributed by atoms with van der Waals surface area (Å²) in [4.78, 5) is 2.29. The zero-order chi connectivity index (χ0) is 14.9. The summed E-state index contributed by atoms with van der Waals surface area (Å²) < 4.78 is 15.0. The molecule has 1 aromatic rings. The summed E-state index contributed by atoms with van der Waals surface area (Å²) in [6, 6.07) is 12.3. The fraction of sp³-hybridized carbons (Fsp3) is 0.588. The summed E-state index contributed by atoms with van der Waals surface area (Å²) in [5.41, 5.74) is -0.350. The Labute approximate surface area is 139 Å². The number of likely N-dealkylation sites (tertiary alicyclic amines) is 1. The van der Waals surface area contributed by atoms with Crippen LogP contribution in [0.5, 0.6) is 0 Å². The minimum absolute atomic E-state index is 0.153. The number of hydrogen-bond donors (Lipinski definition) is 0. The van der Waals surface area contributed by atoms with Gasteiger partial charge in [-0.05, 0) is 31.2 Å². The maximum Gasteiger partial charge on any atom is 0.161 e. The average molecular weight is 398 g/mol. The predicted octanol–water partition coefficient (Wildman–Crippen LogP) is 4.20. The molecule has 112 valence electrons. The van der Waals surface area contributed by atoms with Crippen molar-refractivity contribution in [3.8, 4) is 6.07 Å². The molecule has 0 unspecified atom stereocenters. The van der Waals surface area contributed by atoms with Crippen molar-refractivity contribution in [1.82, 2.24) is 4.90 Å². The number of alkyl halides is 2. The number of nitrogens with zero attached hydrogens (tertiary/aromatic N) is 2. The van der Waals surface area contributed by atoms with E-state index in [4.69, 9.17) is 5.26 Å². The van der Waals surface area contributed by atoms with Crippen molar-refractivity contribution in [2.24, 2.45) is 0 Å². The van der Waals surface area contributed by atoms with Gasteiger partial charge in [-0.2, -0.15) is 5.26 Å². The lowest BCUT2D eigenvalue weighted by Gasteiger charge is -2.51. The van der Waals surface area contributed by atoms with Crippen LogP contribution in [0.2, 0.25) is 0 Å². The van der Waals surface area contributed by atoms with Gasteiger partial charge in [0.2, 0.25) is 0 Å². The van der Waals surface area contributed by atoms with Gasteiger partial charge in [-0.25, -0.2) is 4.39 Å². The van der Waals surface area contributed by atoms with Gasteiger partial charge in [0, 0.05) is 29.0 Å². The normalized spacial score (nSPS) is 32.1. The molecule has 1 saturated carbocycles. The molecular formula is C17H20FIN2. The molecule has 3 rings (SSSR count). The summed E-state index contributed by atoms with van der Waals surface area (Å²) >= 11 is 2.45. The largest absolute Gasteiger partial charge is 0.293 e. The summed E-state index contributed by atoms with van der Waals surface area (Å²) in [5, 5.41) is 8.90. The second kappa shape index (κ2) is 5.85. The maximum atomic E-state index is 14.8. The molecule has 1 aromatic carbocycles. The molecule has 0 spiro atoms. The first kappa shape index (κ1) is 15.2. The first-order valence-electron chi connectivity index (χ1n) is 7.59. The molecule has 1 heterocycles. The third-order valence-electron chi connectivity index (χ3n) is 4.96. The number of rotatable bonds is 3. The Hall–Kier alpha value is -0.670.